The minimum atomic E-state index is -4.27. The van der Waals surface area contributed by atoms with E-state index in [1.165, 1.54) is 10.6 Å². The van der Waals surface area contributed by atoms with Crippen molar-refractivity contribution in [3.8, 4) is 11.4 Å². The average molecular weight is 280 g/mol. The monoisotopic (exact) mass is 280 g/mol. The van der Waals surface area contributed by atoms with Gasteiger partial charge in [0.2, 0.25) is 5.69 Å². The van der Waals surface area contributed by atoms with E-state index in [2.05, 4.69) is 0 Å². The third-order valence-corrected chi connectivity index (χ3v) is 3.37. The largest absolute Gasteiger partial charge is 0.494 e. The van der Waals surface area contributed by atoms with E-state index >= 15 is 0 Å². The molecule has 0 unspecified atom stereocenters. The van der Waals surface area contributed by atoms with Crippen molar-refractivity contribution in [1.82, 2.24) is 0 Å². The van der Waals surface area contributed by atoms with Crippen molar-refractivity contribution in [2.45, 2.75) is 11.9 Å². The Labute approximate surface area is 111 Å². The number of rotatable bonds is 4. The number of benzene rings is 1. The fourth-order valence-corrected chi connectivity index (χ4v) is 2.39. The molecule has 0 bridgehead atoms. The van der Waals surface area contributed by atoms with Crippen LogP contribution in [0.4, 0.5) is 0 Å². The molecular weight excluding hydrogens is 266 g/mol. The van der Waals surface area contributed by atoms with Gasteiger partial charge in [-0.25, -0.2) is 0 Å². The molecule has 0 aliphatic carbocycles. The minimum Gasteiger partial charge on any atom is -0.494 e. The van der Waals surface area contributed by atoms with Gasteiger partial charge in [0.1, 0.15) is 5.75 Å². The number of hydrogen-bond donors (Lipinski definition) is 1. The maximum Gasteiger partial charge on any atom is 0.355 e. The number of nitrogens with zero attached hydrogens (tertiary/aromatic N) is 1. The van der Waals surface area contributed by atoms with E-state index in [1.807, 2.05) is 6.92 Å². The van der Waals surface area contributed by atoms with E-state index in [0.717, 1.165) is 0 Å². The van der Waals surface area contributed by atoms with E-state index in [9.17, 15) is 13.0 Å². The first-order chi connectivity index (χ1) is 9.02. The van der Waals surface area contributed by atoms with Crippen molar-refractivity contribution in [2.24, 2.45) is 0 Å². The first-order valence-electron chi connectivity index (χ1n) is 5.74. The van der Waals surface area contributed by atoms with Gasteiger partial charge in [0.25, 0.3) is 0 Å². The molecule has 0 aliphatic heterocycles. The lowest BCUT2D eigenvalue weighted by atomic mass is 10.3. The van der Waals surface area contributed by atoms with Gasteiger partial charge in [0.05, 0.1) is 6.61 Å². The van der Waals surface area contributed by atoms with E-state index in [-0.39, 0.29) is 5.03 Å². The van der Waals surface area contributed by atoms with Crippen molar-refractivity contribution in [1.29, 1.82) is 0 Å². The summed E-state index contributed by atoms with van der Waals surface area (Å²) >= 11 is 0. The summed E-state index contributed by atoms with van der Waals surface area (Å²) in [5.41, 5.74) is 0.622. The second-order valence-corrected chi connectivity index (χ2v) is 5.18. The summed E-state index contributed by atoms with van der Waals surface area (Å²) in [7, 11) is -4.27. The van der Waals surface area contributed by atoms with Gasteiger partial charge in [-0.1, -0.05) is 0 Å². The molecule has 19 heavy (non-hydrogen) atoms. The molecule has 100 valence electrons. The van der Waals surface area contributed by atoms with Crippen LogP contribution >= 0.6 is 0 Å². The quantitative estimate of drug-likeness (QED) is 0.682. The predicted molar refractivity (Wildman–Crippen MR) is 69.0 cm³/mol. The van der Waals surface area contributed by atoms with Crippen molar-refractivity contribution in [2.75, 3.05) is 6.61 Å². The zero-order chi connectivity index (χ0) is 13.9. The van der Waals surface area contributed by atoms with Crippen LogP contribution < -0.4 is 9.30 Å². The third kappa shape index (κ3) is 3.10. The molecule has 0 radical (unpaired) electrons. The molecule has 0 spiro atoms. The lowest BCUT2D eigenvalue weighted by Gasteiger charge is -2.03. The van der Waals surface area contributed by atoms with Crippen molar-refractivity contribution >= 4 is 10.1 Å². The van der Waals surface area contributed by atoms with Crippen LogP contribution in [0.15, 0.2) is 53.7 Å². The van der Waals surface area contributed by atoms with Crippen LogP contribution in [-0.4, -0.2) is 19.6 Å². The Kier molecular flexibility index (Phi) is 3.82. The Hall–Kier alpha value is -1.92. The van der Waals surface area contributed by atoms with Crippen LogP contribution in [0, 0.1) is 0 Å². The number of pyridine rings is 1. The standard InChI is InChI=1S/C13H13NO4S/c1-2-18-12-8-6-11(7-9-12)14-10-4-3-5-13(14)19(15,16)17/h3-10H,2H2,1H3/p+1. The Morgan fingerprint density at radius 2 is 1.84 bits per heavy atom. The topological polar surface area (TPSA) is 67.5 Å². The van der Waals surface area contributed by atoms with Crippen molar-refractivity contribution < 1.29 is 22.3 Å². The van der Waals surface area contributed by atoms with Gasteiger partial charge in [0, 0.05) is 24.3 Å². The molecule has 0 atom stereocenters. The number of aromatic nitrogens is 1. The molecule has 1 N–H and O–H groups in total. The molecule has 1 heterocycles. The number of hydrogen-bond acceptors (Lipinski definition) is 3. The summed E-state index contributed by atoms with van der Waals surface area (Å²) in [5, 5.41) is -0.181. The van der Waals surface area contributed by atoms with E-state index < -0.39 is 10.1 Å². The van der Waals surface area contributed by atoms with Gasteiger partial charge in [-0.15, -0.1) is 4.57 Å². The average Bonchev–Trinajstić information content (AvgIpc) is 2.39. The molecular formula is C13H14NO4S+. The highest BCUT2D eigenvalue weighted by Gasteiger charge is 2.24. The molecule has 1 aromatic carbocycles. The summed E-state index contributed by atoms with van der Waals surface area (Å²) in [6, 6.07) is 11.5. The van der Waals surface area contributed by atoms with Crippen LogP contribution in [0.5, 0.6) is 5.75 Å². The molecule has 0 aliphatic rings. The fraction of sp³-hybridized carbons (Fsp3) is 0.154. The highest BCUT2D eigenvalue weighted by molar-refractivity contribution is 7.85. The van der Waals surface area contributed by atoms with E-state index in [1.54, 1.807) is 42.6 Å². The van der Waals surface area contributed by atoms with Gasteiger partial charge in [-0.2, -0.15) is 8.42 Å². The number of ether oxygens (including phenoxy) is 1. The molecule has 0 fully saturated rings. The lowest BCUT2D eigenvalue weighted by molar-refractivity contribution is -0.637. The molecule has 0 saturated carbocycles. The summed E-state index contributed by atoms with van der Waals surface area (Å²) in [4.78, 5) is 0. The van der Waals surface area contributed by atoms with Gasteiger partial charge >= 0.3 is 15.1 Å². The second-order valence-electron chi connectivity index (χ2n) is 3.81. The minimum absolute atomic E-state index is 0.181. The van der Waals surface area contributed by atoms with Gasteiger partial charge < -0.3 is 4.74 Å². The Balaban J connectivity index is 2.48. The molecule has 2 rings (SSSR count). The highest BCUT2D eigenvalue weighted by atomic mass is 32.2. The zero-order valence-electron chi connectivity index (χ0n) is 10.4. The van der Waals surface area contributed by atoms with Crippen molar-refractivity contribution in [3.63, 3.8) is 0 Å². The van der Waals surface area contributed by atoms with Gasteiger partial charge in [0.15, 0.2) is 6.20 Å². The molecule has 2 aromatic rings. The summed E-state index contributed by atoms with van der Waals surface area (Å²) in [5.74, 6) is 0.705. The zero-order valence-corrected chi connectivity index (χ0v) is 11.2. The Bertz CT molecular complexity index is 665. The SMILES string of the molecule is CCOc1ccc(-[n+]2ccccc2S(=O)(=O)O)cc1. The first kappa shape index (κ1) is 13.5. The van der Waals surface area contributed by atoms with Crippen LogP contribution in [0.1, 0.15) is 6.92 Å². The van der Waals surface area contributed by atoms with E-state index in [0.29, 0.717) is 18.0 Å². The molecule has 6 heteroatoms. The predicted octanol–water partition coefficient (Wildman–Crippen LogP) is 1.61. The molecule has 1 aromatic heterocycles. The molecule has 0 saturated heterocycles. The van der Waals surface area contributed by atoms with E-state index in [4.69, 9.17) is 4.74 Å². The van der Waals surface area contributed by atoms with Crippen LogP contribution in [0.2, 0.25) is 0 Å². The lowest BCUT2D eigenvalue weighted by Crippen LogP contribution is -2.36. The molecule has 5 nitrogen and oxygen atoms in total. The third-order valence-electron chi connectivity index (χ3n) is 2.51. The summed E-state index contributed by atoms with van der Waals surface area (Å²) in [6.45, 7) is 2.45. The summed E-state index contributed by atoms with van der Waals surface area (Å²) < 4.78 is 38.5. The van der Waals surface area contributed by atoms with Gasteiger partial charge in [-0.3, -0.25) is 4.55 Å². The smallest absolute Gasteiger partial charge is 0.355 e. The first-order valence-corrected chi connectivity index (χ1v) is 7.18. The molecule has 0 amide bonds. The maximum atomic E-state index is 11.3. The normalized spacial score (nSPS) is 11.3. The second kappa shape index (κ2) is 5.38. The van der Waals surface area contributed by atoms with Gasteiger partial charge in [-0.05, 0) is 25.1 Å². The fourth-order valence-electron chi connectivity index (χ4n) is 1.72. The van der Waals surface area contributed by atoms with Crippen LogP contribution in [0.3, 0.4) is 0 Å². The maximum absolute atomic E-state index is 11.3. The van der Waals surface area contributed by atoms with Crippen LogP contribution in [-0.2, 0) is 10.1 Å². The Morgan fingerprint density at radius 1 is 1.16 bits per heavy atom. The van der Waals surface area contributed by atoms with Crippen molar-refractivity contribution in [3.05, 3.63) is 48.7 Å². The Morgan fingerprint density at radius 3 is 2.42 bits per heavy atom. The van der Waals surface area contributed by atoms with Crippen LogP contribution in [0.25, 0.3) is 5.69 Å². The highest BCUT2D eigenvalue weighted by Crippen LogP contribution is 2.13. The summed E-state index contributed by atoms with van der Waals surface area (Å²) in [6.07, 6.45) is 1.57.